The summed E-state index contributed by atoms with van der Waals surface area (Å²) in [5.74, 6) is 0.352. The van der Waals surface area contributed by atoms with Crippen LogP contribution in [0.2, 0.25) is 0 Å². The van der Waals surface area contributed by atoms with Crippen LogP contribution in [0, 0.1) is 29.3 Å². The van der Waals surface area contributed by atoms with Crippen LogP contribution in [0.25, 0.3) is 11.1 Å². The van der Waals surface area contributed by atoms with Gasteiger partial charge in [0.2, 0.25) is 0 Å². The van der Waals surface area contributed by atoms with E-state index >= 15 is 0 Å². The van der Waals surface area contributed by atoms with Crippen molar-refractivity contribution in [2.24, 2.45) is 11.3 Å². The SMILES string of the molecule is CC(C)(C)c1[c-]c2c(cc1)-c1ccc(C(C)(C)C)cc1C2.CCC1=[C-]C(C)C=C1C(C)(C)C.Fc1ccc([CH]=[Zr+2])cc1. The molecular weight excluding hydrogens is 591 g/mol. The Bertz CT molecular complexity index is 1390. The molecular formula is C40H49FZr. The van der Waals surface area contributed by atoms with E-state index in [-0.39, 0.29) is 16.6 Å². The van der Waals surface area contributed by atoms with Crippen molar-refractivity contribution in [1.82, 2.24) is 0 Å². The van der Waals surface area contributed by atoms with E-state index in [0.29, 0.717) is 11.3 Å². The second kappa shape index (κ2) is 13.6. The van der Waals surface area contributed by atoms with Crippen molar-refractivity contribution in [3.05, 3.63) is 118 Å². The van der Waals surface area contributed by atoms with Crippen LogP contribution < -0.4 is 0 Å². The predicted octanol–water partition coefficient (Wildman–Crippen LogP) is 10.9. The Hall–Kier alpha value is -2.18. The van der Waals surface area contributed by atoms with Gasteiger partial charge in [0.15, 0.2) is 0 Å². The molecule has 0 aliphatic heterocycles. The van der Waals surface area contributed by atoms with Crippen LogP contribution in [0.4, 0.5) is 4.39 Å². The van der Waals surface area contributed by atoms with Gasteiger partial charge >= 0.3 is 68.0 Å². The van der Waals surface area contributed by atoms with Gasteiger partial charge in [-0.2, -0.15) is 35.4 Å². The molecule has 0 saturated carbocycles. The number of fused-ring (bicyclic) bond motifs is 3. The number of hydrogen-bond acceptors (Lipinski definition) is 0. The van der Waals surface area contributed by atoms with Crippen molar-refractivity contribution in [3.8, 4) is 11.1 Å². The summed E-state index contributed by atoms with van der Waals surface area (Å²) in [6.45, 7) is 24.8. The fourth-order valence-electron chi connectivity index (χ4n) is 5.33. The van der Waals surface area contributed by atoms with Gasteiger partial charge < -0.3 is 0 Å². The van der Waals surface area contributed by atoms with Gasteiger partial charge in [-0.25, -0.2) is 5.57 Å². The number of halogens is 1. The van der Waals surface area contributed by atoms with Crippen molar-refractivity contribution < 1.29 is 28.6 Å². The van der Waals surface area contributed by atoms with Gasteiger partial charge in [-0.3, -0.25) is 6.08 Å². The molecule has 42 heavy (non-hydrogen) atoms. The van der Waals surface area contributed by atoms with Crippen molar-refractivity contribution in [1.29, 1.82) is 0 Å². The van der Waals surface area contributed by atoms with E-state index in [4.69, 9.17) is 0 Å². The molecule has 0 heterocycles. The van der Waals surface area contributed by atoms with Gasteiger partial charge in [0.1, 0.15) is 0 Å². The van der Waals surface area contributed by atoms with E-state index < -0.39 is 0 Å². The summed E-state index contributed by atoms with van der Waals surface area (Å²) in [5.41, 5.74) is 13.0. The van der Waals surface area contributed by atoms with Crippen molar-refractivity contribution in [3.63, 3.8) is 0 Å². The number of rotatable bonds is 2. The van der Waals surface area contributed by atoms with E-state index in [9.17, 15) is 4.39 Å². The van der Waals surface area contributed by atoms with Crippen LogP contribution in [0.1, 0.15) is 110 Å². The Balaban J connectivity index is 0.000000194. The number of benzene rings is 3. The Morgan fingerprint density at radius 1 is 0.833 bits per heavy atom. The van der Waals surface area contributed by atoms with Gasteiger partial charge in [0.25, 0.3) is 0 Å². The Morgan fingerprint density at radius 3 is 1.95 bits per heavy atom. The molecule has 0 aromatic heterocycles. The van der Waals surface area contributed by atoms with Crippen molar-refractivity contribution in [2.75, 3.05) is 0 Å². The van der Waals surface area contributed by atoms with Gasteiger partial charge in [0.05, 0.1) is 0 Å². The summed E-state index contributed by atoms with van der Waals surface area (Å²) < 4.78 is 14.2. The average molecular weight is 640 g/mol. The molecule has 2 heteroatoms. The van der Waals surface area contributed by atoms with Crippen LogP contribution in [0.3, 0.4) is 0 Å². The third kappa shape index (κ3) is 8.92. The van der Waals surface area contributed by atoms with Gasteiger partial charge in [-0.1, -0.05) is 118 Å². The first-order chi connectivity index (χ1) is 19.4. The molecule has 2 aliphatic rings. The topological polar surface area (TPSA) is 0 Å². The fraction of sp³-hybridized carbons (Fsp3) is 0.425. The molecule has 0 N–H and O–H groups in total. The van der Waals surface area contributed by atoms with Crippen LogP contribution in [-0.2, 0) is 41.5 Å². The normalized spacial score (nSPS) is 15.8. The molecule has 0 saturated heterocycles. The standard InChI is InChI=1S/C21H25.C12H19.C7H5F.Zr/c1-20(2,3)16-7-9-18-14(12-16)11-15-13-17(21(4,5)6)8-10-19(15)18;1-6-10-7-9(2)8-11(10)12(3,4)5;1-6-2-4-7(8)5-3-6;/h7-10,12H,11H2,1-6H3;8-9H,6H2,1-5H3;1-5H;/q2*-1;;+2. The maximum atomic E-state index is 12.2. The second-order valence-corrected chi connectivity index (χ2v) is 15.3. The minimum absolute atomic E-state index is 0.167. The molecule has 0 nitrogen and oxygen atoms in total. The maximum absolute atomic E-state index is 12.2. The summed E-state index contributed by atoms with van der Waals surface area (Å²) in [7, 11) is 0. The molecule has 0 bridgehead atoms. The van der Waals surface area contributed by atoms with Gasteiger partial charge in [-0.15, -0.1) is 11.1 Å². The van der Waals surface area contributed by atoms with Crippen LogP contribution >= 0.6 is 0 Å². The van der Waals surface area contributed by atoms with Crippen LogP contribution in [0.5, 0.6) is 0 Å². The monoisotopic (exact) mass is 638 g/mol. The van der Waals surface area contributed by atoms with E-state index in [2.05, 4.69) is 125 Å². The summed E-state index contributed by atoms with van der Waals surface area (Å²) in [6, 6.07) is 21.6. The molecule has 3 aromatic rings. The van der Waals surface area contributed by atoms with E-state index in [1.807, 2.05) is 3.71 Å². The summed E-state index contributed by atoms with van der Waals surface area (Å²) in [5, 5.41) is 0. The molecule has 1 atom stereocenters. The molecule has 0 spiro atoms. The van der Waals surface area contributed by atoms with Crippen molar-refractivity contribution in [2.45, 2.75) is 99.8 Å². The van der Waals surface area contributed by atoms with Crippen LogP contribution in [0.15, 0.2) is 71.8 Å². The molecule has 220 valence electrons. The Kier molecular flexibility index (Phi) is 11.1. The Labute approximate surface area is 270 Å². The quantitative estimate of drug-likeness (QED) is 0.191. The van der Waals surface area contributed by atoms with Gasteiger partial charge in [0, 0.05) is 0 Å². The zero-order chi connectivity index (χ0) is 31.5. The molecule has 5 rings (SSSR count). The second-order valence-electron chi connectivity index (χ2n) is 14.6. The molecule has 1 unspecified atom stereocenters. The summed E-state index contributed by atoms with van der Waals surface area (Å²) in [6.07, 6.45) is 7.98. The first-order valence-electron chi connectivity index (χ1n) is 15.2. The molecule has 0 amide bonds. The first kappa shape index (κ1) is 34.3. The zero-order valence-electron chi connectivity index (χ0n) is 27.7. The number of allylic oxidation sites excluding steroid dienone is 4. The first-order valence-corrected chi connectivity index (χ1v) is 16.7. The third-order valence-electron chi connectivity index (χ3n) is 7.81. The van der Waals surface area contributed by atoms with Crippen molar-refractivity contribution >= 4 is 3.71 Å². The van der Waals surface area contributed by atoms with Crippen LogP contribution in [-0.4, -0.2) is 3.71 Å². The molecule has 2 aliphatic carbocycles. The molecule has 0 fully saturated rings. The van der Waals surface area contributed by atoms with Gasteiger partial charge in [-0.05, 0) is 28.4 Å². The van der Waals surface area contributed by atoms with E-state index in [1.54, 1.807) is 12.1 Å². The minimum atomic E-state index is -0.170. The molecule has 3 aromatic carbocycles. The van der Waals surface area contributed by atoms with E-state index in [1.165, 1.54) is 80.9 Å². The number of hydrogen-bond donors (Lipinski definition) is 0. The summed E-state index contributed by atoms with van der Waals surface area (Å²) >= 11 is 1.34. The Morgan fingerprint density at radius 2 is 1.45 bits per heavy atom. The molecule has 0 radical (unpaired) electrons. The summed E-state index contributed by atoms with van der Waals surface area (Å²) in [4.78, 5) is 0. The fourth-order valence-corrected chi connectivity index (χ4v) is 5.80. The third-order valence-corrected chi connectivity index (χ3v) is 8.63. The van der Waals surface area contributed by atoms with E-state index in [0.717, 1.165) is 18.4 Å². The average Bonchev–Trinajstić information content (AvgIpc) is 3.48. The predicted molar refractivity (Wildman–Crippen MR) is 176 cm³/mol. The zero-order valence-corrected chi connectivity index (χ0v) is 30.2.